The molecule has 0 aliphatic carbocycles. The van der Waals surface area contributed by atoms with E-state index in [0.29, 0.717) is 23.8 Å². The highest BCUT2D eigenvalue weighted by Gasteiger charge is 2.15. The lowest BCUT2D eigenvalue weighted by molar-refractivity contribution is 0.406. The van der Waals surface area contributed by atoms with Gasteiger partial charge in [-0.3, -0.25) is 4.79 Å². The minimum Gasteiger partial charge on any atom is -0.497 e. The molecule has 0 aliphatic heterocycles. The molecule has 4 rings (SSSR count). The van der Waals surface area contributed by atoms with E-state index in [1.165, 1.54) is 5.56 Å². The Labute approximate surface area is 205 Å². The summed E-state index contributed by atoms with van der Waals surface area (Å²) < 4.78 is 5.29. The zero-order chi connectivity index (χ0) is 24.1. The van der Waals surface area contributed by atoms with Gasteiger partial charge in [-0.15, -0.1) is 0 Å². The van der Waals surface area contributed by atoms with Gasteiger partial charge in [0, 0.05) is 23.3 Å². The quantitative estimate of drug-likeness (QED) is 0.333. The van der Waals surface area contributed by atoms with Crippen LogP contribution < -0.4 is 15.6 Å². The second kappa shape index (κ2) is 10.5. The highest BCUT2D eigenvalue weighted by atomic mass is 32.1. The molecular weight excluding hydrogens is 442 g/mol. The lowest BCUT2D eigenvalue weighted by atomic mass is 10.1. The molecule has 0 radical (unpaired) electrons. The van der Waals surface area contributed by atoms with E-state index in [0.717, 1.165) is 39.9 Å². The summed E-state index contributed by atoms with van der Waals surface area (Å²) in [4.78, 5) is 17.9. The first-order valence-electron chi connectivity index (χ1n) is 11.4. The Kier molecular flexibility index (Phi) is 7.28. The number of rotatable bonds is 7. The van der Waals surface area contributed by atoms with Crippen molar-refractivity contribution in [3.05, 3.63) is 105 Å². The fraction of sp³-hybridized carbons (Fsp3) is 0.214. The molecule has 0 bridgehead atoms. The van der Waals surface area contributed by atoms with E-state index in [1.807, 2.05) is 72.5 Å². The molecule has 4 aromatic rings. The Hall–Kier alpha value is -3.64. The molecule has 1 heterocycles. The van der Waals surface area contributed by atoms with Gasteiger partial charge < -0.3 is 19.9 Å². The number of para-hydroxylation sites is 1. The number of aromatic nitrogens is 1. The van der Waals surface area contributed by atoms with Gasteiger partial charge in [0.15, 0.2) is 5.11 Å². The summed E-state index contributed by atoms with van der Waals surface area (Å²) in [5.41, 5.74) is 5.78. The second-order valence-corrected chi connectivity index (χ2v) is 8.75. The molecule has 0 saturated heterocycles. The van der Waals surface area contributed by atoms with Gasteiger partial charge in [0.2, 0.25) is 0 Å². The first-order chi connectivity index (χ1) is 16.5. The number of hydrogen-bond acceptors (Lipinski definition) is 3. The standard InChI is InChI=1S/C28H29N3O2S/c1-4-21-7-5-6-8-25(21)30-28(34)31(17-20-10-12-24(33-3)13-11-20)18-23-16-22-15-19(2)9-14-26(22)29-27(23)32/h5-16H,4,17-18H2,1-3H3,(H,29,32)(H,30,34). The van der Waals surface area contributed by atoms with Gasteiger partial charge in [-0.05, 0) is 78.5 Å². The highest BCUT2D eigenvalue weighted by molar-refractivity contribution is 7.80. The van der Waals surface area contributed by atoms with Crippen LogP contribution in [0.2, 0.25) is 0 Å². The molecule has 1 aromatic heterocycles. The number of ether oxygens (including phenoxy) is 1. The number of methoxy groups -OCH3 is 1. The Morgan fingerprint density at radius 3 is 2.50 bits per heavy atom. The summed E-state index contributed by atoms with van der Waals surface area (Å²) in [5, 5.41) is 4.99. The van der Waals surface area contributed by atoms with Crippen molar-refractivity contribution in [3.8, 4) is 5.75 Å². The van der Waals surface area contributed by atoms with Gasteiger partial charge in [0.1, 0.15) is 5.75 Å². The molecule has 174 valence electrons. The molecule has 0 fully saturated rings. The van der Waals surface area contributed by atoms with Crippen LogP contribution in [0.4, 0.5) is 5.69 Å². The van der Waals surface area contributed by atoms with Gasteiger partial charge in [-0.1, -0.05) is 48.9 Å². The van der Waals surface area contributed by atoms with Crippen LogP contribution in [-0.2, 0) is 19.5 Å². The second-order valence-electron chi connectivity index (χ2n) is 8.36. The van der Waals surface area contributed by atoms with Gasteiger partial charge in [0.25, 0.3) is 5.56 Å². The number of H-pyrrole nitrogens is 1. The average molecular weight is 472 g/mol. The van der Waals surface area contributed by atoms with Crippen LogP contribution in [-0.4, -0.2) is 22.1 Å². The van der Waals surface area contributed by atoms with Gasteiger partial charge in [-0.2, -0.15) is 0 Å². The van der Waals surface area contributed by atoms with Crippen molar-refractivity contribution in [2.45, 2.75) is 33.4 Å². The molecule has 0 amide bonds. The number of aryl methyl sites for hydroxylation is 2. The number of hydrogen-bond donors (Lipinski definition) is 2. The van der Waals surface area contributed by atoms with E-state index in [4.69, 9.17) is 17.0 Å². The molecule has 0 atom stereocenters. The topological polar surface area (TPSA) is 57.4 Å². The number of nitrogens with zero attached hydrogens (tertiary/aromatic N) is 1. The summed E-state index contributed by atoms with van der Waals surface area (Å²) in [7, 11) is 1.65. The molecule has 34 heavy (non-hydrogen) atoms. The van der Waals surface area contributed by atoms with E-state index in [1.54, 1.807) is 7.11 Å². The maximum absolute atomic E-state index is 12.9. The van der Waals surface area contributed by atoms with Crippen LogP contribution >= 0.6 is 12.2 Å². The Balaban J connectivity index is 1.66. The summed E-state index contributed by atoms with van der Waals surface area (Å²) >= 11 is 5.85. The van der Waals surface area contributed by atoms with Crippen LogP contribution in [0.25, 0.3) is 10.9 Å². The van der Waals surface area contributed by atoms with Crippen LogP contribution in [0.3, 0.4) is 0 Å². The number of nitrogens with one attached hydrogen (secondary N) is 2. The minimum atomic E-state index is -0.104. The van der Waals surface area contributed by atoms with Crippen molar-refractivity contribution in [2.75, 3.05) is 12.4 Å². The zero-order valence-electron chi connectivity index (χ0n) is 19.7. The molecule has 0 unspecified atom stereocenters. The first kappa shape index (κ1) is 23.5. The molecule has 0 aliphatic rings. The molecule has 5 nitrogen and oxygen atoms in total. The van der Waals surface area contributed by atoms with Gasteiger partial charge in [0.05, 0.1) is 13.7 Å². The average Bonchev–Trinajstić information content (AvgIpc) is 2.85. The normalized spacial score (nSPS) is 10.8. The molecular formula is C28H29N3O2S. The van der Waals surface area contributed by atoms with Crippen molar-refractivity contribution in [1.29, 1.82) is 0 Å². The van der Waals surface area contributed by atoms with Crippen molar-refractivity contribution in [1.82, 2.24) is 9.88 Å². The zero-order valence-corrected chi connectivity index (χ0v) is 20.5. The minimum absolute atomic E-state index is 0.104. The molecule has 0 spiro atoms. The fourth-order valence-corrected chi connectivity index (χ4v) is 4.23. The number of anilines is 1. The third-order valence-corrected chi connectivity index (χ3v) is 6.26. The number of benzene rings is 3. The van der Waals surface area contributed by atoms with Crippen LogP contribution in [0.1, 0.15) is 29.2 Å². The van der Waals surface area contributed by atoms with Crippen molar-refractivity contribution >= 4 is 33.9 Å². The van der Waals surface area contributed by atoms with E-state index >= 15 is 0 Å². The lowest BCUT2D eigenvalue weighted by Gasteiger charge is -2.27. The van der Waals surface area contributed by atoms with Gasteiger partial charge in [-0.25, -0.2) is 0 Å². The summed E-state index contributed by atoms with van der Waals surface area (Å²) in [6.45, 7) is 5.10. The van der Waals surface area contributed by atoms with Crippen molar-refractivity contribution in [2.24, 2.45) is 0 Å². The first-order valence-corrected chi connectivity index (χ1v) is 11.8. The van der Waals surface area contributed by atoms with E-state index < -0.39 is 0 Å². The van der Waals surface area contributed by atoms with Gasteiger partial charge >= 0.3 is 0 Å². The van der Waals surface area contributed by atoms with Crippen LogP contribution in [0.5, 0.6) is 5.75 Å². The lowest BCUT2D eigenvalue weighted by Crippen LogP contribution is -2.35. The van der Waals surface area contributed by atoms with E-state index in [2.05, 4.69) is 29.4 Å². The SMILES string of the molecule is CCc1ccccc1NC(=S)N(Cc1ccc(OC)cc1)Cc1cc2cc(C)ccc2[nH]c1=O. The number of thiocarbonyl (C=S) groups is 1. The van der Waals surface area contributed by atoms with E-state index in [9.17, 15) is 4.79 Å². The highest BCUT2D eigenvalue weighted by Crippen LogP contribution is 2.20. The predicted molar refractivity (Wildman–Crippen MR) is 144 cm³/mol. The van der Waals surface area contributed by atoms with E-state index in [-0.39, 0.29) is 5.56 Å². The summed E-state index contributed by atoms with van der Waals surface area (Å²) in [6, 6.07) is 24.0. The third kappa shape index (κ3) is 5.46. The monoisotopic (exact) mass is 471 g/mol. The van der Waals surface area contributed by atoms with Crippen molar-refractivity contribution < 1.29 is 4.74 Å². The summed E-state index contributed by atoms with van der Waals surface area (Å²) in [5.74, 6) is 0.800. The fourth-order valence-electron chi connectivity index (χ4n) is 3.99. The number of aromatic amines is 1. The molecule has 6 heteroatoms. The largest absolute Gasteiger partial charge is 0.497 e. The van der Waals surface area contributed by atoms with Crippen LogP contribution in [0, 0.1) is 6.92 Å². The molecule has 3 aromatic carbocycles. The third-order valence-electron chi connectivity index (χ3n) is 5.90. The van der Waals surface area contributed by atoms with Crippen molar-refractivity contribution in [3.63, 3.8) is 0 Å². The Morgan fingerprint density at radius 2 is 1.76 bits per heavy atom. The Morgan fingerprint density at radius 1 is 1.00 bits per heavy atom. The summed E-state index contributed by atoms with van der Waals surface area (Å²) in [6.07, 6.45) is 0.897. The maximum Gasteiger partial charge on any atom is 0.253 e. The predicted octanol–water partition coefficient (Wildman–Crippen LogP) is 5.81. The number of fused-ring (bicyclic) bond motifs is 1. The number of pyridine rings is 1. The smallest absolute Gasteiger partial charge is 0.253 e. The molecule has 0 saturated carbocycles. The molecule has 2 N–H and O–H groups in total. The Bertz CT molecular complexity index is 1360. The maximum atomic E-state index is 12.9. The van der Waals surface area contributed by atoms with Crippen LogP contribution in [0.15, 0.2) is 77.6 Å².